The van der Waals surface area contributed by atoms with Crippen molar-refractivity contribution in [3.63, 3.8) is 0 Å². The first kappa shape index (κ1) is 25.3. The van der Waals surface area contributed by atoms with Crippen molar-refractivity contribution in [3.8, 4) is 0 Å². The largest absolute Gasteiger partial charge is 0.416 e. The van der Waals surface area contributed by atoms with E-state index in [0.717, 1.165) is 42.8 Å². The lowest BCUT2D eigenvalue weighted by Gasteiger charge is -2.37. The Hall–Kier alpha value is -3.40. The van der Waals surface area contributed by atoms with Gasteiger partial charge in [0.25, 0.3) is 5.91 Å². The van der Waals surface area contributed by atoms with E-state index >= 15 is 0 Å². The minimum Gasteiger partial charge on any atom is -0.366 e. The lowest BCUT2D eigenvalue weighted by molar-refractivity contribution is -0.137. The fourth-order valence-electron chi connectivity index (χ4n) is 4.86. The number of rotatable bonds is 6. The molecule has 1 N–H and O–H groups in total. The molecule has 5 rings (SSSR count). The number of carbonyl (C=O) groups excluding carboxylic acids is 1. The van der Waals surface area contributed by atoms with Gasteiger partial charge < -0.3 is 10.2 Å². The number of nitrogens with zero attached hydrogens (tertiary/aromatic N) is 2. The maximum absolute atomic E-state index is 13.0. The summed E-state index contributed by atoms with van der Waals surface area (Å²) in [6.45, 7) is 2.94. The molecule has 1 saturated carbocycles. The Morgan fingerprint density at radius 2 is 1.81 bits per heavy atom. The molecule has 0 atom stereocenters. The molecule has 1 aromatic heterocycles. The topological polar surface area (TPSA) is 79.4 Å². The molecule has 1 aliphatic heterocycles. The highest BCUT2D eigenvalue weighted by Gasteiger charge is 2.49. The van der Waals surface area contributed by atoms with Gasteiger partial charge in [0.1, 0.15) is 0 Å². The van der Waals surface area contributed by atoms with Crippen LogP contribution in [-0.4, -0.2) is 31.6 Å². The van der Waals surface area contributed by atoms with Crippen molar-refractivity contribution in [1.82, 2.24) is 10.3 Å². The zero-order valence-corrected chi connectivity index (χ0v) is 21.0. The number of anilines is 1. The number of carbonyl (C=O) groups is 1. The Morgan fingerprint density at radius 3 is 2.41 bits per heavy atom. The SMILES string of the molecule is CCS(=O)(=O)c1ccc(CNC(=O)c2ccc3c(c2)CN(c2ccc(C(F)(F)F)cc2)CC32CC2)nc1. The van der Waals surface area contributed by atoms with Crippen LogP contribution in [0.4, 0.5) is 18.9 Å². The number of sulfone groups is 1. The highest BCUT2D eigenvalue weighted by atomic mass is 32.2. The average Bonchev–Trinajstić information content (AvgIpc) is 3.66. The lowest BCUT2D eigenvalue weighted by Crippen LogP contribution is -2.38. The predicted octanol–water partition coefficient (Wildman–Crippen LogP) is 4.88. The number of halogens is 3. The summed E-state index contributed by atoms with van der Waals surface area (Å²) in [7, 11) is -3.34. The van der Waals surface area contributed by atoms with Gasteiger partial charge in [-0.2, -0.15) is 13.2 Å². The van der Waals surface area contributed by atoms with Crippen LogP contribution in [0.1, 0.15) is 52.5 Å². The minimum atomic E-state index is -4.38. The van der Waals surface area contributed by atoms with E-state index in [4.69, 9.17) is 0 Å². The van der Waals surface area contributed by atoms with E-state index < -0.39 is 21.6 Å². The van der Waals surface area contributed by atoms with Crippen LogP contribution in [0.5, 0.6) is 0 Å². The number of nitrogens with one attached hydrogen (secondary N) is 1. The summed E-state index contributed by atoms with van der Waals surface area (Å²) in [4.78, 5) is 19.3. The maximum atomic E-state index is 13.0. The van der Waals surface area contributed by atoms with Gasteiger partial charge in [0.05, 0.1) is 28.5 Å². The smallest absolute Gasteiger partial charge is 0.366 e. The van der Waals surface area contributed by atoms with Crippen molar-refractivity contribution in [2.24, 2.45) is 0 Å². The Bertz CT molecular complexity index is 1430. The van der Waals surface area contributed by atoms with Gasteiger partial charge in [-0.15, -0.1) is 0 Å². The van der Waals surface area contributed by atoms with Crippen LogP contribution in [0, 0.1) is 0 Å². The molecule has 0 unspecified atom stereocenters. The molecule has 194 valence electrons. The molecular weight excluding hydrogens is 503 g/mol. The summed E-state index contributed by atoms with van der Waals surface area (Å²) in [6, 6.07) is 13.9. The first-order valence-corrected chi connectivity index (χ1v) is 13.7. The third-order valence-corrected chi connectivity index (χ3v) is 8.89. The van der Waals surface area contributed by atoms with Crippen molar-refractivity contribution in [2.75, 3.05) is 17.2 Å². The molecule has 1 fully saturated rings. The lowest BCUT2D eigenvalue weighted by atomic mass is 9.85. The zero-order chi connectivity index (χ0) is 26.4. The number of amides is 1. The number of aromatic nitrogens is 1. The van der Waals surface area contributed by atoms with Crippen LogP contribution < -0.4 is 10.2 Å². The van der Waals surface area contributed by atoms with Gasteiger partial charge in [-0.1, -0.05) is 13.0 Å². The number of alkyl halides is 3. The van der Waals surface area contributed by atoms with Gasteiger partial charge in [-0.25, -0.2) is 8.42 Å². The maximum Gasteiger partial charge on any atom is 0.416 e. The van der Waals surface area contributed by atoms with Crippen molar-refractivity contribution in [2.45, 2.75) is 49.3 Å². The molecule has 10 heteroatoms. The van der Waals surface area contributed by atoms with E-state index in [1.165, 1.54) is 30.0 Å². The quantitative estimate of drug-likeness (QED) is 0.493. The third-order valence-electron chi connectivity index (χ3n) is 7.17. The van der Waals surface area contributed by atoms with E-state index in [1.807, 2.05) is 12.1 Å². The summed E-state index contributed by atoms with van der Waals surface area (Å²) in [5.74, 6) is -0.299. The normalized spacial score (nSPS) is 16.4. The number of fused-ring (bicyclic) bond motifs is 2. The standard InChI is InChI=1S/C27H26F3N3O3S/c1-2-37(35,36)23-9-6-21(31-15-23)14-32-25(34)18-3-10-24-19(13-18)16-33(17-26(24)11-12-26)22-7-4-20(5-8-22)27(28,29)30/h3-10,13,15H,2,11-12,14,16-17H2,1H3,(H,32,34). The second-order valence-electron chi connectivity index (χ2n) is 9.62. The fraction of sp³-hybridized carbons (Fsp3) is 0.333. The summed E-state index contributed by atoms with van der Waals surface area (Å²) in [6.07, 6.45) is -1.09. The summed E-state index contributed by atoms with van der Waals surface area (Å²) >= 11 is 0. The van der Waals surface area contributed by atoms with E-state index in [-0.39, 0.29) is 28.5 Å². The Morgan fingerprint density at radius 1 is 1.08 bits per heavy atom. The van der Waals surface area contributed by atoms with E-state index in [0.29, 0.717) is 17.8 Å². The van der Waals surface area contributed by atoms with Crippen molar-refractivity contribution in [1.29, 1.82) is 0 Å². The highest BCUT2D eigenvalue weighted by Crippen LogP contribution is 2.53. The zero-order valence-electron chi connectivity index (χ0n) is 20.2. The van der Waals surface area contributed by atoms with Crippen LogP contribution in [0.15, 0.2) is 65.7 Å². The van der Waals surface area contributed by atoms with Crippen molar-refractivity contribution < 1.29 is 26.4 Å². The molecule has 0 bridgehead atoms. The molecule has 1 spiro atoms. The second-order valence-corrected chi connectivity index (χ2v) is 11.9. The summed E-state index contributed by atoms with van der Waals surface area (Å²) in [5, 5.41) is 2.82. The van der Waals surface area contributed by atoms with Gasteiger partial charge in [0, 0.05) is 36.0 Å². The van der Waals surface area contributed by atoms with E-state index in [2.05, 4.69) is 15.2 Å². The number of hydrogen-bond donors (Lipinski definition) is 1. The highest BCUT2D eigenvalue weighted by molar-refractivity contribution is 7.91. The van der Waals surface area contributed by atoms with Crippen molar-refractivity contribution >= 4 is 21.4 Å². The molecule has 6 nitrogen and oxygen atoms in total. The van der Waals surface area contributed by atoms with Crippen LogP contribution in [0.3, 0.4) is 0 Å². The first-order chi connectivity index (χ1) is 17.5. The van der Waals surface area contributed by atoms with E-state index in [1.54, 1.807) is 19.1 Å². The molecule has 2 heterocycles. The summed E-state index contributed by atoms with van der Waals surface area (Å²) < 4.78 is 62.8. The second kappa shape index (κ2) is 9.16. The molecule has 0 radical (unpaired) electrons. The number of hydrogen-bond acceptors (Lipinski definition) is 5. The van der Waals surface area contributed by atoms with Crippen LogP contribution in [0.25, 0.3) is 0 Å². The number of benzene rings is 2. The van der Waals surface area contributed by atoms with Gasteiger partial charge in [-0.05, 0) is 72.5 Å². The molecule has 2 aromatic carbocycles. The van der Waals surface area contributed by atoms with Crippen LogP contribution in [0.2, 0.25) is 0 Å². The number of pyridine rings is 1. The third kappa shape index (κ3) is 5.07. The fourth-order valence-corrected chi connectivity index (χ4v) is 5.68. The molecule has 1 amide bonds. The van der Waals surface area contributed by atoms with Crippen molar-refractivity contribution in [3.05, 3.63) is 88.7 Å². The summed E-state index contributed by atoms with van der Waals surface area (Å²) in [5.41, 5.74) is 3.21. The Kier molecular flexibility index (Phi) is 6.26. The van der Waals surface area contributed by atoms with Gasteiger partial charge in [0.15, 0.2) is 9.84 Å². The van der Waals surface area contributed by atoms with Gasteiger partial charge in [0.2, 0.25) is 0 Å². The van der Waals surface area contributed by atoms with Crippen LogP contribution in [-0.2, 0) is 34.5 Å². The molecule has 3 aromatic rings. The van der Waals surface area contributed by atoms with Gasteiger partial charge in [-0.3, -0.25) is 9.78 Å². The average molecular weight is 530 g/mol. The Balaban J connectivity index is 1.30. The first-order valence-electron chi connectivity index (χ1n) is 12.0. The van der Waals surface area contributed by atoms with Crippen LogP contribution >= 0.6 is 0 Å². The molecule has 37 heavy (non-hydrogen) atoms. The predicted molar refractivity (Wildman–Crippen MR) is 133 cm³/mol. The minimum absolute atomic E-state index is 0.0132. The Labute approximate surface area is 213 Å². The van der Waals surface area contributed by atoms with Gasteiger partial charge >= 0.3 is 6.18 Å². The molecule has 1 aliphatic carbocycles. The monoisotopic (exact) mass is 529 g/mol. The molecular formula is C27H26F3N3O3S. The molecule has 2 aliphatic rings. The van der Waals surface area contributed by atoms with E-state index in [9.17, 15) is 26.4 Å². The molecule has 0 saturated heterocycles.